The Morgan fingerprint density at radius 2 is 2.44 bits per heavy atom. The molecule has 1 aliphatic heterocycles. The monoisotopic (exact) mass is 221 g/mol. The van der Waals surface area contributed by atoms with Crippen molar-refractivity contribution in [1.29, 1.82) is 5.26 Å². The third-order valence-electron chi connectivity index (χ3n) is 1.82. The van der Waals surface area contributed by atoms with Gasteiger partial charge in [0, 0.05) is 4.92 Å². The van der Waals surface area contributed by atoms with Crippen molar-refractivity contribution < 1.29 is 14.5 Å². The summed E-state index contributed by atoms with van der Waals surface area (Å²) in [6.07, 6.45) is 3.54. The largest absolute Gasteiger partial charge is 0.465 e. The quantitative estimate of drug-likeness (QED) is 0.218. The topological polar surface area (TPSA) is 106 Å². The molecule has 1 atom stereocenters. The second kappa shape index (κ2) is 4.84. The fourth-order valence-corrected chi connectivity index (χ4v) is 1.02. The van der Waals surface area contributed by atoms with Crippen molar-refractivity contribution >= 4 is 12.2 Å². The summed E-state index contributed by atoms with van der Waals surface area (Å²) in [4.78, 5) is 24.6. The highest BCUT2D eigenvalue weighted by atomic mass is 16.6. The maximum Gasteiger partial charge on any atom is 0.350 e. The van der Waals surface area contributed by atoms with Gasteiger partial charge in [0.05, 0.1) is 19.0 Å². The van der Waals surface area contributed by atoms with Crippen LogP contribution in [0.3, 0.4) is 0 Å². The minimum Gasteiger partial charge on any atom is -0.465 e. The van der Waals surface area contributed by atoms with Crippen molar-refractivity contribution in [3.05, 3.63) is 33.5 Å². The third kappa shape index (κ3) is 2.30. The molecule has 0 aliphatic carbocycles. The lowest BCUT2D eigenvalue weighted by atomic mass is 10.1. The van der Waals surface area contributed by atoms with Crippen molar-refractivity contribution in [3.8, 4) is 6.07 Å². The van der Waals surface area contributed by atoms with Crippen molar-refractivity contribution in [1.82, 2.24) is 0 Å². The number of allylic oxidation sites excluding steroid dienone is 1. The summed E-state index contributed by atoms with van der Waals surface area (Å²) in [5.41, 5.74) is -0.218. The summed E-state index contributed by atoms with van der Waals surface area (Å²) in [7, 11) is 1.14. The van der Waals surface area contributed by atoms with Gasteiger partial charge in [0.15, 0.2) is 5.57 Å². The molecule has 0 amide bonds. The second-order valence-electron chi connectivity index (χ2n) is 2.78. The Morgan fingerprint density at radius 1 is 1.75 bits per heavy atom. The molecule has 0 fully saturated rings. The summed E-state index contributed by atoms with van der Waals surface area (Å²) in [6.45, 7) is 0. The predicted octanol–water partition coefficient (Wildman–Crippen LogP) is 0.223. The van der Waals surface area contributed by atoms with Gasteiger partial charge < -0.3 is 4.74 Å². The van der Waals surface area contributed by atoms with Crippen molar-refractivity contribution in [2.45, 2.75) is 6.04 Å². The molecule has 1 unspecified atom stereocenters. The minimum atomic E-state index is -1.03. The van der Waals surface area contributed by atoms with Crippen LogP contribution in [0.15, 0.2) is 28.4 Å². The van der Waals surface area contributed by atoms with Gasteiger partial charge in [0.1, 0.15) is 6.07 Å². The lowest BCUT2D eigenvalue weighted by Gasteiger charge is -2.05. The van der Waals surface area contributed by atoms with Crippen LogP contribution < -0.4 is 0 Å². The molecule has 1 aliphatic rings. The van der Waals surface area contributed by atoms with Gasteiger partial charge in [-0.2, -0.15) is 5.26 Å². The average Bonchev–Trinajstić information content (AvgIpc) is 2.30. The molecule has 0 aromatic carbocycles. The highest BCUT2D eigenvalue weighted by Gasteiger charge is 2.20. The molecule has 1 heterocycles. The number of aliphatic imine (C=N–C) groups is 1. The molecule has 1 rings (SSSR count). The van der Waals surface area contributed by atoms with Crippen LogP contribution in [0.25, 0.3) is 0 Å². The number of esters is 1. The maximum absolute atomic E-state index is 11.1. The van der Waals surface area contributed by atoms with Gasteiger partial charge in [-0.05, 0) is 12.2 Å². The number of nitrogens with zero attached hydrogens (tertiary/aromatic N) is 3. The SMILES string of the molecule is COC(=O)/C(C#N)=C1\C=CC([N+](=O)[O-])C=N1. The number of hydrogen-bond donors (Lipinski definition) is 0. The molecule has 0 saturated carbocycles. The number of carbonyl (C=O) groups is 1. The fourth-order valence-electron chi connectivity index (χ4n) is 1.02. The molecule has 7 heteroatoms. The van der Waals surface area contributed by atoms with Gasteiger partial charge >= 0.3 is 5.97 Å². The van der Waals surface area contributed by atoms with Crippen LogP contribution in [0, 0.1) is 21.4 Å². The van der Waals surface area contributed by atoms with Gasteiger partial charge in [0.2, 0.25) is 0 Å². The van der Waals surface area contributed by atoms with Crippen LogP contribution in [-0.4, -0.2) is 30.3 Å². The molecular formula is C9H7N3O4. The number of methoxy groups -OCH3 is 1. The minimum absolute atomic E-state index is 0.0625. The van der Waals surface area contributed by atoms with E-state index in [2.05, 4.69) is 9.73 Å². The molecule has 7 nitrogen and oxygen atoms in total. The molecule has 0 aromatic heterocycles. The molecule has 16 heavy (non-hydrogen) atoms. The highest BCUT2D eigenvalue weighted by Crippen LogP contribution is 2.13. The Labute approximate surface area is 90.5 Å². The van der Waals surface area contributed by atoms with Crippen LogP contribution in [-0.2, 0) is 9.53 Å². The lowest BCUT2D eigenvalue weighted by Crippen LogP contribution is -2.20. The van der Waals surface area contributed by atoms with Crippen molar-refractivity contribution in [2.75, 3.05) is 7.11 Å². The van der Waals surface area contributed by atoms with Crippen LogP contribution in [0.4, 0.5) is 0 Å². The predicted molar refractivity (Wildman–Crippen MR) is 53.1 cm³/mol. The molecule has 0 spiro atoms. The lowest BCUT2D eigenvalue weighted by molar-refractivity contribution is -0.489. The van der Waals surface area contributed by atoms with E-state index in [0.717, 1.165) is 13.3 Å². The highest BCUT2D eigenvalue weighted by molar-refractivity contribution is 5.94. The van der Waals surface area contributed by atoms with Crippen molar-refractivity contribution in [2.24, 2.45) is 4.99 Å². The Kier molecular flexibility index (Phi) is 3.50. The fraction of sp³-hybridized carbons (Fsp3) is 0.222. The van der Waals surface area contributed by atoms with Gasteiger partial charge in [-0.25, -0.2) is 4.79 Å². The first kappa shape index (κ1) is 11.6. The maximum atomic E-state index is 11.1. The smallest absolute Gasteiger partial charge is 0.350 e. The van der Waals surface area contributed by atoms with E-state index in [-0.39, 0.29) is 11.3 Å². The van der Waals surface area contributed by atoms with E-state index in [1.54, 1.807) is 6.07 Å². The number of nitriles is 1. The number of hydrogen-bond acceptors (Lipinski definition) is 6. The molecule has 82 valence electrons. The van der Waals surface area contributed by atoms with E-state index in [4.69, 9.17) is 5.26 Å². The average molecular weight is 221 g/mol. The summed E-state index contributed by atoms with van der Waals surface area (Å²) < 4.78 is 4.37. The molecule has 0 radical (unpaired) electrons. The summed E-state index contributed by atoms with van der Waals surface area (Å²) in [5.74, 6) is -0.821. The Balaban J connectivity index is 3.02. The Bertz CT molecular complexity index is 440. The molecule has 0 saturated heterocycles. The molecule has 0 aromatic rings. The first-order chi connectivity index (χ1) is 7.60. The van der Waals surface area contributed by atoms with E-state index in [0.29, 0.717) is 0 Å². The summed E-state index contributed by atoms with van der Waals surface area (Å²) in [6, 6.07) is 0.610. The van der Waals surface area contributed by atoms with Crippen LogP contribution in [0.1, 0.15) is 0 Å². The molecule has 0 N–H and O–H groups in total. The number of nitro groups is 1. The second-order valence-corrected chi connectivity index (χ2v) is 2.78. The van der Waals surface area contributed by atoms with E-state index in [1.165, 1.54) is 12.2 Å². The Hall–Kier alpha value is -2.49. The number of rotatable bonds is 2. The zero-order valence-electron chi connectivity index (χ0n) is 8.28. The van der Waals surface area contributed by atoms with Crippen LogP contribution in [0.5, 0.6) is 0 Å². The van der Waals surface area contributed by atoms with Gasteiger partial charge in [-0.3, -0.25) is 15.1 Å². The van der Waals surface area contributed by atoms with Crippen LogP contribution in [0.2, 0.25) is 0 Å². The van der Waals surface area contributed by atoms with E-state index >= 15 is 0 Å². The first-order valence-electron chi connectivity index (χ1n) is 4.18. The zero-order valence-corrected chi connectivity index (χ0v) is 8.28. The summed E-state index contributed by atoms with van der Waals surface area (Å²) in [5, 5.41) is 19.1. The number of dihydropyridines is 1. The molecular weight excluding hydrogens is 214 g/mol. The van der Waals surface area contributed by atoms with Gasteiger partial charge in [-0.15, -0.1) is 0 Å². The Morgan fingerprint density at radius 3 is 2.81 bits per heavy atom. The third-order valence-corrected chi connectivity index (χ3v) is 1.82. The number of ether oxygens (including phenoxy) is 1. The van der Waals surface area contributed by atoms with Crippen LogP contribution >= 0.6 is 0 Å². The standard InChI is InChI=1S/C9H7N3O4/c1-16-9(13)7(4-10)8-3-2-6(5-11-8)12(14)15/h2-3,5-6H,1H3/b8-7+. The normalized spacial score (nSPS) is 21.1. The van der Waals surface area contributed by atoms with E-state index < -0.39 is 16.9 Å². The van der Waals surface area contributed by atoms with E-state index in [1.807, 2.05) is 0 Å². The van der Waals surface area contributed by atoms with Crippen molar-refractivity contribution in [3.63, 3.8) is 0 Å². The number of carbonyl (C=O) groups excluding carboxylic acids is 1. The zero-order chi connectivity index (χ0) is 12.1. The van der Waals surface area contributed by atoms with E-state index in [9.17, 15) is 14.9 Å². The van der Waals surface area contributed by atoms with Gasteiger partial charge in [0.25, 0.3) is 6.04 Å². The van der Waals surface area contributed by atoms with Gasteiger partial charge in [-0.1, -0.05) is 0 Å². The summed E-state index contributed by atoms with van der Waals surface area (Å²) >= 11 is 0. The first-order valence-corrected chi connectivity index (χ1v) is 4.18. The molecule has 0 bridgehead atoms.